The Bertz CT molecular complexity index is 520. The number of rotatable bonds is 2. The molecule has 0 spiro atoms. The molecule has 3 rings (SSSR count). The van der Waals surface area contributed by atoms with Gasteiger partial charge in [0.25, 0.3) is 5.89 Å². The highest BCUT2D eigenvalue weighted by molar-refractivity contribution is 6.30. The van der Waals surface area contributed by atoms with E-state index < -0.39 is 0 Å². The van der Waals surface area contributed by atoms with Gasteiger partial charge in [0, 0.05) is 23.4 Å². The normalized spacial score (nSPS) is 19.7. The molecule has 1 fully saturated rings. The van der Waals surface area contributed by atoms with Crippen LogP contribution < -0.4 is 5.32 Å². The summed E-state index contributed by atoms with van der Waals surface area (Å²) in [6.07, 6.45) is 2.32. The lowest BCUT2D eigenvalue weighted by molar-refractivity contribution is -0.678. The van der Waals surface area contributed by atoms with Gasteiger partial charge in [0.05, 0.1) is 6.54 Å². The van der Waals surface area contributed by atoms with Crippen LogP contribution in [0.3, 0.4) is 0 Å². The summed E-state index contributed by atoms with van der Waals surface area (Å²) in [6, 6.07) is 7.81. The number of nitrogens with zero attached hydrogens (tertiary/aromatic N) is 2. The molecule has 1 aliphatic rings. The topological polar surface area (TPSA) is 55.5 Å². The first-order valence-corrected chi connectivity index (χ1v) is 6.13. The molecule has 2 heterocycles. The summed E-state index contributed by atoms with van der Waals surface area (Å²) in [4.78, 5) is 4.44. The van der Waals surface area contributed by atoms with Gasteiger partial charge in [0.15, 0.2) is 6.04 Å². The van der Waals surface area contributed by atoms with Gasteiger partial charge < -0.3 is 9.84 Å². The Morgan fingerprint density at radius 2 is 2.35 bits per heavy atom. The summed E-state index contributed by atoms with van der Waals surface area (Å²) in [5.41, 5.74) is 0.894. The highest BCUT2D eigenvalue weighted by atomic mass is 35.5. The Morgan fingerprint density at radius 1 is 1.41 bits per heavy atom. The van der Waals surface area contributed by atoms with E-state index in [0.717, 1.165) is 24.4 Å². The summed E-state index contributed by atoms with van der Waals surface area (Å²) < 4.78 is 5.31. The Hall–Kier alpha value is -1.39. The Morgan fingerprint density at radius 3 is 3.12 bits per heavy atom. The summed E-state index contributed by atoms with van der Waals surface area (Å²) in [6.45, 7) is 1.14. The summed E-state index contributed by atoms with van der Waals surface area (Å²) in [5, 5.41) is 6.93. The van der Waals surface area contributed by atoms with Gasteiger partial charge in [-0.3, -0.25) is 0 Å². The molecule has 2 N–H and O–H groups in total. The standard InChI is InChI=1S/C12H12ClN3O/c13-9-4-1-3-8(7-9)11-15-12(17-16-11)10-5-2-6-14-10/h1,3-4,7,10,14H,2,5-6H2/p+1/t10-/m1/s1. The molecule has 0 bridgehead atoms. The molecule has 1 aromatic heterocycles. The van der Waals surface area contributed by atoms with Gasteiger partial charge in [-0.15, -0.1) is 0 Å². The van der Waals surface area contributed by atoms with Gasteiger partial charge in [-0.1, -0.05) is 28.9 Å². The van der Waals surface area contributed by atoms with Crippen molar-refractivity contribution in [2.24, 2.45) is 0 Å². The highest BCUT2D eigenvalue weighted by Crippen LogP contribution is 2.22. The van der Waals surface area contributed by atoms with Crippen LogP contribution in [0.2, 0.25) is 5.02 Å². The van der Waals surface area contributed by atoms with Crippen molar-refractivity contribution in [3.05, 3.63) is 35.2 Å². The molecule has 2 aromatic rings. The third-order valence-corrected chi connectivity index (χ3v) is 3.25. The van der Waals surface area contributed by atoms with Crippen molar-refractivity contribution in [2.45, 2.75) is 18.9 Å². The SMILES string of the molecule is Clc1cccc(-c2noc([C@H]3CCC[NH2+]3)n2)c1. The second-order valence-electron chi connectivity index (χ2n) is 4.24. The maximum atomic E-state index is 5.94. The molecule has 88 valence electrons. The number of nitrogens with two attached hydrogens (primary N) is 1. The molecule has 17 heavy (non-hydrogen) atoms. The molecule has 1 atom stereocenters. The van der Waals surface area contributed by atoms with Gasteiger partial charge >= 0.3 is 0 Å². The van der Waals surface area contributed by atoms with E-state index in [1.165, 1.54) is 6.42 Å². The molecule has 1 aliphatic heterocycles. The third-order valence-electron chi connectivity index (χ3n) is 3.01. The second-order valence-corrected chi connectivity index (χ2v) is 4.68. The predicted molar refractivity (Wildman–Crippen MR) is 63.5 cm³/mol. The minimum absolute atomic E-state index is 0.329. The Kier molecular flexibility index (Phi) is 2.82. The molecular weight excluding hydrogens is 238 g/mol. The van der Waals surface area contributed by atoms with Gasteiger partial charge in [-0.25, -0.2) is 0 Å². The van der Waals surface area contributed by atoms with Crippen molar-refractivity contribution in [2.75, 3.05) is 6.54 Å². The maximum Gasteiger partial charge on any atom is 0.285 e. The van der Waals surface area contributed by atoms with Crippen LogP contribution in [-0.4, -0.2) is 16.7 Å². The largest absolute Gasteiger partial charge is 0.336 e. The molecule has 0 amide bonds. The zero-order valence-electron chi connectivity index (χ0n) is 9.27. The van der Waals surface area contributed by atoms with Gasteiger partial charge in [-0.05, 0) is 12.1 Å². The average Bonchev–Trinajstić information content (AvgIpc) is 3.00. The second kappa shape index (κ2) is 4.47. The molecular formula is C12H13ClN3O+. The number of benzene rings is 1. The van der Waals surface area contributed by atoms with Crippen molar-refractivity contribution in [3.63, 3.8) is 0 Å². The zero-order valence-corrected chi connectivity index (χ0v) is 10.0. The Balaban J connectivity index is 1.89. The first kappa shape index (κ1) is 10.7. The minimum atomic E-state index is 0.329. The summed E-state index contributed by atoms with van der Waals surface area (Å²) in [5.74, 6) is 1.33. The van der Waals surface area contributed by atoms with Crippen molar-refractivity contribution in [1.82, 2.24) is 10.1 Å². The number of aromatic nitrogens is 2. The lowest BCUT2D eigenvalue weighted by atomic mass is 10.2. The van der Waals surface area contributed by atoms with Crippen LogP contribution in [0.4, 0.5) is 0 Å². The third kappa shape index (κ3) is 2.18. The van der Waals surface area contributed by atoms with Crippen molar-refractivity contribution in [1.29, 1.82) is 0 Å². The fraction of sp³-hybridized carbons (Fsp3) is 0.333. The number of hydrogen-bond donors (Lipinski definition) is 1. The molecule has 0 aliphatic carbocycles. The molecule has 1 aromatic carbocycles. The van der Waals surface area contributed by atoms with E-state index in [1.54, 1.807) is 0 Å². The lowest BCUT2D eigenvalue weighted by Gasteiger charge is -1.98. The van der Waals surface area contributed by atoms with Gasteiger partial charge in [0.1, 0.15) is 0 Å². The minimum Gasteiger partial charge on any atom is -0.336 e. The maximum absolute atomic E-state index is 5.94. The molecule has 5 heteroatoms. The highest BCUT2D eigenvalue weighted by Gasteiger charge is 2.26. The number of halogens is 1. The smallest absolute Gasteiger partial charge is 0.285 e. The van der Waals surface area contributed by atoms with Crippen LogP contribution in [-0.2, 0) is 0 Å². The van der Waals surface area contributed by atoms with Gasteiger partial charge in [0.2, 0.25) is 5.82 Å². The fourth-order valence-electron chi connectivity index (χ4n) is 2.13. The zero-order chi connectivity index (χ0) is 11.7. The quantitative estimate of drug-likeness (QED) is 0.884. The van der Waals surface area contributed by atoms with Crippen molar-refractivity contribution in [3.8, 4) is 11.4 Å². The van der Waals surface area contributed by atoms with Crippen LogP contribution in [0.15, 0.2) is 28.8 Å². The number of hydrogen-bond acceptors (Lipinski definition) is 3. The number of quaternary nitrogens is 1. The van der Waals surface area contributed by atoms with E-state index >= 15 is 0 Å². The Labute approximate surface area is 104 Å². The van der Waals surface area contributed by atoms with E-state index in [-0.39, 0.29) is 0 Å². The summed E-state index contributed by atoms with van der Waals surface area (Å²) in [7, 11) is 0. The fourth-order valence-corrected chi connectivity index (χ4v) is 2.32. The molecule has 0 saturated carbocycles. The van der Waals surface area contributed by atoms with Crippen molar-refractivity contribution >= 4 is 11.6 Å². The molecule has 0 unspecified atom stereocenters. The summed E-state index contributed by atoms with van der Waals surface area (Å²) >= 11 is 5.94. The predicted octanol–water partition coefficient (Wildman–Crippen LogP) is 1.79. The van der Waals surface area contributed by atoms with Crippen LogP contribution >= 0.6 is 11.6 Å². The first-order valence-electron chi connectivity index (χ1n) is 5.76. The molecule has 1 saturated heterocycles. The van der Waals surface area contributed by atoms with E-state index in [9.17, 15) is 0 Å². The van der Waals surface area contributed by atoms with E-state index in [4.69, 9.17) is 16.1 Å². The lowest BCUT2D eigenvalue weighted by Crippen LogP contribution is -2.81. The molecule has 0 radical (unpaired) electrons. The van der Waals surface area contributed by atoms with Crippen LogP contribution in [0.1, 0.15) is 24.8 Å². The van der Waals surface area contributed by atoms with Crippen LogP contribution in [0.5, 0.6) is 0 Å². The van der Waals surface area contributed by atoms with Gasteiger partial charge in [-0.2, -0.15) is 4.98 Å². The average molecular weight is 251 g/mol. The van der Waals surface area contributed by atoms with Crippen LogP contribution in [0, 0.1) is 0 Å². The monoisotopic (exact) mass is 250 g/mol. The van der Waals surface area contributed by atoms with E-state index in [1.807, 2.05) is 24.3 Å². The van der Waals surface area contributed by atoms with Crippen molar-refractivity contribution < 1.29 is 9.84 Å². The first-order chi connectivity index (χ1) is 8.33. The van der Waals surface area contributed by atoms with E-state index in [2.05, 4.69) is 15.5 Å². The van der Waals surface area contributed by atoms with E-state index in [0.29, 0.717) is 16.9 Å². The molecule has 4 nitrogen and oxygen atoms in total. The van der Waals surface area contributed by atoms with Crippen LogP contribution in [0.25, 0.3) is 11.4 Å².